The van der Waals surface area contributed by atoms with Crippen LogP contribution in [0, 0.1) is 19.8 Å². The zero-order valence-electron chi connectivity index (χ0n) is 32.7. The summed E-state index contributed by atoms with van der Waals surface area (Å²) in [5.74, 6) is -4.77. The van der Waals surface area contributed by atoms with E-state index in [2.05, 4.69) is 25.8 Å². The van der Waals surface area contributed by atoms with Crippen molar-refractivity contribution in [2.75, 3.05) is 6.61 Å². The molecule has 0 unspecified atom stereocenters. The molecule has 2 saturated carbocycles. The zero-order chi connectivity index (χ0) is 41.9. The molecule has 2 aromatic heterocycles. The quantitative estimate of drug-likeness (QED) is 0.132. The number of carbonyl (C=O) groups excluding carboxylic acids is 7. The summed E-state index contributed by atoms with van der Waals surface area (Å²) in [5, 5.41) is 12.9. The summed E-state index contributed by atoms with van der Waals surface area (Å²) in [7, 11) is 0. The van der Waals surface area contributed by atoms with Gasteiger partial charge in [-0.15, -0.1) is 27.7 Å². The van der Waals surface area contributed by atoms with E-state index in [-0.39, 0.29) is 48.9 Å². The van der Waals surface area contributed by atoms with Crippen LogP contribution in [0.25, 0.3) is 0 Å². The highest BCUT2D eigenvalue weighted by Crippen LogP contribution is 2.43. The molecule has 0 aromatic carbocycles. The maximum atomic E-state index is 12.8. The van der Waals surface area contributed by atoms with E-state index >= 15 is 0 Å². The Bertz CT molecular complexity index is 1980. The predicted octanol–water partition coefficient (Wildman–Crippen LogP) is 3.34. The van der Waals surface area contributed by atoms with Crippen LogP contribution < -0.4 is 5.48 Å². The van der Waals surface area contributed by atoms with Crippen molar-refractivity contribution in [2.24, 2.45) is 16.2 Å². The van der Waals surface area contributed by atoms with E-state index in [1.807, 2.05) is 0 Å². The van der Waals surface area contributed by atoms with Gasteiger partial charge in [-0.25, -0.2) is 29.8 Å². The molecule has 2 aliphatic heterocycles. The number of ketones is 1. The molecule has 1 N–H and O–H groups in total. The lowest BCUT2D eigenvalue weighted by molar-refractivity contribution is -0.192. The molecule has 6 rings (SSSR count). The summed E-state index contributed by atoms with van der Waals surface area (Å²) in [6.45, 7) is 14.1. The summed E-state index contributed by atoms with van der Waals surface area (Å²) in [5.41, 5.74) is -1.44. The highest BCUT2D eigenvalue weighted by atomic mass is 32.1. The Labute approximate surface area is 335 Å². The number of aryl methyl sites for hydroxylation is 2. The van der Waals surface area contributed by atoms with Crippen molar-refractivity contribution in [1.29, 1.82) is 0 Å². The molecule has 57 heavy (non-hydrogen) atoms. The molecule has 4 aliphatic rings. The summed E-state index contributed by atoms with van der Waals surface area (Å²) < 4.78 is 10.7. The number of aromatic nitrogens is 2. The number of nitrogens with zero attached hydrogens (tertiary/aromatic N) is 5. The molecule has 4 fully saturated rings. The minimum Gasteiger partial charge on any atom is -0.457 e. The fourth-order valence-electron chi connectivity index (χ4n) is 4.90. The van der Waals surface area contributed by atoms with Crippen molar-refractivity contribution in [3.05, 3.63) is 32.2 Å². The van der Waals surface area contributed by atoms with Gasteiger partial charge in [0.25, 0.3) is 11.8 Å². The van der Waals surface area contributed by atoms with Gasteiger partial charge < -0.3 is 24.0 Å². The van der Waals surface area contributed by atoms with Crippen molar-refractivity contribution in [1.82, 2.24) is 20.5 Å². The Kier molecular flexibility index (Phi) is 12.6. The molecule has 2 aromatic rings. The van der Waals surface area contributed by atoms with E-state index in [0.717, 1.165) is 5.01 Å². The van der Waals surface area contributed by atoms with Crippen LogP contribution in [0.5, 0.6) is 0 Å². The molecule has 4 heterocycles. The number of hydroxylamine groups is 3. The number of imide groups is 1. The second-order valence-electron chi connectivity index (χ2n) is 15.6. The second kappa shape index (κ2) is 16.8. The third-order valence-corrected chi connectivity index (χ3v) is 9.74. The van der Waals surface area contributed by atoms with E-state index in [4.69, 9.17) is 28.8 Å². The number of thiazole rings is 2. The molecule has 0 spiro atoms. The molecule has 21 heteroatoms. The third kappa shape index (κ3) is 11.3. The van der Waals surface area contributed by atoms with Gasteiger partial charge in [-0.3, -0.25) is 24.0 Å². The van der Waals surface area contributed by atoms with Gasteiger partial charge in [0, 0.05) is 55.7 Å². The number of oxime groups is 2. The molecular formula is C36H44N6O13S2. The zero-order valence-corrected chi connectivity index (χ0v) is 34.4. The number of nitrogens with one attached hydrogen (secondary N) is 1. The third-order valence-electron chi connectivity index (χ3n) is 8.19. The van der Waals surface area contributed by atoms with Gasteiger partial charge in [0.2, 0.25) is 22.8 Å². The average Bonchev–Trinajstić information content (AvgIpc) is 3.88. The number of Topliss-reactive ketones (excluding diaryl/α,β-unsaturated/α-hetero) is 1. The van der Waals surface area contributed by atoms with Crippen LogP contribution >= 0.6 is 22.7 Å². The van der Waals surface area contributed by atoms with Crippen LogP contribution in [-0.2, 0) is 62.4 Å². The van der Waals surface area contributed by atoms with E-state index in [9.17, 15) is 33.6 Å². The Hall–Kier alpha value is -5.15. The fourth-order valence-corrected chi connectivity index (χ4v) is 6.10. The van der Waals surface area contributed by atoms with E-state index in [0.29, 0.717) is 41.4 Å². The van der Waals surface area contributed by atoms with Gasteiger partial charge in [0.05, 0.1) is 22.5 Å². The first-order valence-corrected chi connectivity index (χ1v) is 19.7. The predicted molar refractivity (Wildman–Crippen MR) is 199 cm³/mol. The molecule has 308 valence electrons. The minimum absolute atomic E-state index is 0.0149. The molecule has 0 bridgehead atoms. The van der Waals surface area contributed by atoms with Gasteiger partial charge in [0.15, 0.2) is 11.5 Å². The van der Waals surface area contributed by atoms with Crippen molar-refractivity contribution >= 4 is 75.5 Å². The number of amides is 3. The van der Waals surface area contributed by atoms with Crippen molar-refractivity contribution in [3.8, 4) is 0 Å². The number of rotatable bonds is 13. The molecule has 2 saturated heterocycles. The Morgan fingerprint density at radius 3 is 1.65 bits per heavy atom. The maximum Gasteiger partial charge on any atom is 0.387 e. The van der Waals surface area contributed by atoms with Gasteiger partial charge in [-0.05, 0) is 55.4 Å². The summed E-state index contributed by atoms with van der Waals surface area (Å²) in [6, 6.07) is 0. The van der Waals surface area contributed by atoms with Gasteiger partial charge in [-0.2, -0.15) is 0 Å². The van der Waals surface area contributed by atoms with Gasteiger partial charge in [0.1, 0.15) is 22.6 Å². The molecule has 2 aliphatic carbocycles. The highest BCUT2D eigenvalue weighted by Gasteiger charge is 2.57. The smallest absolute Gasteiger partial charge is 0.387 e. The number of esters is 2. The molecule has 0 radical (unpaired) electrons. The lowest BCUT2D eigenvalue weighted by atomic mass is 10.00. The average molecular weight is 833 g/mol. The van der Waals surface area contributed by atoms with Crippen molar-refractivity contribution < 1.29 is 62.4 Å². The molecular weight excluding hydrogens is 789 g/mol. The first kappa shape index (κ1) is 43.0. The van der Waals surface area contributed by atoms with E-state index < -0.39 is 63.8 Å². The monoisotopic (exact) mass is 832 g/mol. The van der Waals surface area contributed by atoms with Gasteiger partial charge >= 0.3 is 17.9 Å². The van der Waals surface area contributed by atoms with Crippen LogP contribution in [0.2, 0.25) is 0 Å². The van der Waals surface area contributed by atoms with Crippen molar-refractivity contribution in [3.63, 3.8) is 0 Å². The highest BCUT2D eigenvalue weighted by molar-refractivity contribution is 7.10. The largest absolute Gasteiger partial charge is 0.457 e. The number of hydrogen-bond acceptors (Lipinski definition) is 19. The van der Waals surface area contributed by atoms with E-state index in [1.54, 1.807) is 66.2 Å². The second-order valence-corrected chi connectivity index (χ2v) is 17.7. The van der Waals surface area contributed by atoms with Gasteiger partial charge in [-0.1, -0.05) is 10.3 Å². The standard InChI is InChI=1S/C18H21N3O7S.C18H23N3O6S/c1-10-19-11(9-29-10)14(15(24)27-21-12(22)5-6-13(21)23)20-28-18(7-8-18)16(25)26-17(2,3)4;1-10-19-12(9-28-10)14(13(22)7-11-8-25-21-15(11)23)20-27-18(5-6-18)16(24)26-17(2,3)4/h9H,5-8H2,1-4H3;9,11H,5-8H2,1-4H3,(H,21,23)/b2*20-14-/t;11-/m.0/s1. The van der Waals surface area contributed by atoms with Crippen LogP contribution in [0.3, 0.4) is 0 Å². The lowest BCUT2D eigenvalue weighted by Gasteiger charge is -2.22. The number of carbonyl (C=O) groups is 7. The number of hydrogen-bond donors (Lipinski definition) is 1. The normalized spacial score (nSPS) is 19.9. The Balaban J connectivity index is 0.000000218. The minimum atomic E-state index is -1.27. The summed E-state index contributed by atoms with van der Waals surface area (Å²) in [6.07, 6.45) is 1.52. The first-order valence-electron chi connectivity index (χ1n) is 18.0. The Morgan fingerprint density at radius 2 is 1.26 bits per heavy atom. The summed E-state index contributed by atoms with van der Waals surface area (Å²) in [4.78, 5) is 114. The molecule has 19 nitrogen and oxygen atoms in total. The fraction of sp³-hybridized carbons (Fsp3) is 0.583. The van der Waals surface area contributed by atoms with Crippen LogP contribution in [0.15, 0.2) is 21.1 Å². The van der Waals surface area contributed by atoms with Crippen LogP contribution in [0.4, 0.5) is 0 Å². The topological polar surface area (TPSA) is 241 Å². The lowest BCUT2D eigenvalue weighted by Crippen LogP contribution is -2.36. The maximum absolute atomic E-state index is 12.8. The van der Waals surface area contributed by atoms with Crippen LogP contribution in [-0.4, -0.2) is 96.9 Å². The summed E-state index contributed by atoms with van der Waals surface area (Å²) >= 11 is 2.62. The SMILES string of the molecule is Cc1nc(/C(=N/OC2(C(=O)OC(C)(C)C)CC2)C(=O)C[C@H]2CONC2=O)cs1.Cc1nc(/C(=N/OC2(C(=O)OC(C)(C)C)CC2)C(=O)ON2C(=O)CCC2=O)cs1. The van der Waals surface area contributed by atoms with Crippen LogP contribution in [0.1, 0.15) is 108 Å². The van der Waals surface area contributed by atoms with Crippen molar-refractivity contribution in [2.45, 2.75) is 123 Å². The van der Waals surface area contributed by atoms with E-state index in [1.165, 1.54) is 22.7 Å². The number of ether oxygens (including phenoxy) is 2. The Morgan fingerprint density at radius 1 is 0.807 bits per heavy atom. The molecule has 1 atom stereocenters. The molecule has 3 amide bonds. The first-order chi connectivity index (χ1) is 26.6.